The van der Waals surface area contributed by atoms with Crippen molar-refractivity contribution in [2.75, 3.05) is 40.4 Å². The molecule has 1 aliphatic rings. The zero-order valence-corrected chi connectivity index (χ0v) is 18.5. The van der Waals surface area contributed by atoms with Crippen LogP contribution in [-0.4, -0.2) is 57.0 Å². The summed E-state index contributed by atoms with van der Waals surface area (Å²) in [6, 6.07) is 11.0. The maximum Gasteiger partial charge on any atom is 0.258 e. The normalized spacial score (nSPS) is 14.4. The number of carbonyl (C=O) groups is 2. The fraction of sp³-hybridized carbons (Fsp3) is 0.391. The zero-order chi connectivity index (χ0) is 21.5. The minimum absolute atomic E-state index is 0. The van der Waals surface area contributed by atoms with Crippen molar-refractivity contribution < 1.29 is 23.5 Å². The lowest BCUT2D eigenvalue weighted by Gasteiger charge is -2.31. The number of ether oxygens (including phenoxy) is 2. The van der Waals surface area contributed by atoms with E-state index in [1.165, 1.54) is 26.4 Å². The highest BCUT2D eigenvalue weighted by Gasteiger charge is 2.26. The fourth-order valence-corrected chi connectivity index (χ4v) is 3.76. The van der Waals surface area contributed by atoms with Crippen LogP contribution in [0.4, 0.5) is 4.39 Å². The van der Waals surface area contributed by atoms with Crippen molar-refractivity contribution in [2.45, 2.75) is 12.8 Å². The van der Waals surface area contributed by atoms with Gasteiger partial charge in [0.25, 0.3) is 5.91 Å². The summed E-state index contributed by atoms with van der Waals surface area (Å²) in [5.74, 6) is 0.379. The summed E-state index contributed by atoms with van der Waals surface area (Å²) >= 11 is 0. The first-order chi connectivity index (χ1) is 14.5. The highest BCUT2D eigenvalue weighted by atomic mass is 35.5. The largest absolute Gasteiger partial charge is 0.496 e. The number of halogens is 2. The molecule has 0 aliphatic carbocycles. The van der Waals surface area contributed by atoms with Crippen LogP contribution in [0.25, 0.3) is 0 Å². The molecule has 0 atom stereocenters. The van der Waals surface area contributed by atoms with Crippen molar-refractivity contribution in [1.29, 1.82) is 0 Å². The van der Waals surface area contributed by atoms with E-state index in [0.29, 0.717) is 35.7 Å². The molecule has 1 amide bonds. The number of methoxy groups -OCH3 is 2. The molecule has 168 valence electrons. The summed E-state index contributed by atoms with van der Waals surface area (Å²) < 4.78 is 23.6. The van der Waals surface area contributed by atoms with E-state index in [4.69, 9.17) is 9.47 Å². The number of ketones is 1. The summed E-state index contributed by atoms with van der Waals surface area (Å²) in [4.78, 5) is 27.4. The van der Waals surface area contributed by atoms with Crippen LogP contribution >= 0.6 is 12.4 Å². The number of benzene rings is 2. The molecule has 3 rings (SSSR count). The summed E-state index contributed by atoms with van der Waals surface area (Å²) in [7, 11) is 3.03. The van der Waals surface area contributed by atoms with Gasteiger partial charge in [0.05, 0.1) is 14.2 Å². The lowest BCUT2D eigenvalue weighted by atomic mass is 9.89. The molecule has 1 saturated heterocycles. The number of hydrogen-bond donors (Lipinski definition) is 1. The van der Waals surface area contributed by atoms with Gasteiger partial charge in [0.15, 0.2) is 5.78 Å². The Balaban J connectivity index is 0.00000341. The van der Waals surface area contributed by atoms with E-state index in [9.17, 15) is 14.0 Å². The molecule has 6 nitrogen and oxygen atoms in total. The maximum atomic E-state index is 13.1. The van der Waals surface area contributed by atoms with Gasteiger partial charge in [-0.15, -0.1) is 12.4 Å². The molecule has 0 aromatic heterocycles. The third kappa shape index (κ3) is 6.18. The number of amides is 1. The molecular formula is C23H28ClFN2O4. The summed E-state index contributed by atoms with van der Waals surface area (Å²) in [6.45, 7) is 2.74. The standard InChI is InChI=1S/C23H27FN2O4.ClH/c1-29-19-4-3-5-20(30-2)21(19)23(28)25-12-15-26-13-10-17(11-14-26)22(27)16-6-8-18(24)9-7-16;/h3-9,17H,10-15H2,1-2H3,(H,25,28);1H. The van der Waals surface area contributed by atoms with Crippen LogP contribution in [0.3, 0.4) is 0 Å². The molecule has 0 saturated carbocycles. The van der Waals surface area contributed by atoms with Crippen molar-refractivity contribution in [3.63, 3.8) is 0 Å². The van der Waals surface area contributed by atoms with E-state index in [-0.39, 0.29) is 35.8 Å². The van der Waals surface area contributed by atoms with E-state index < -0.39 is 0 Å². The average molecular weight is 451 g/mol. The molecule has 31 heavy (non-hydrogen) atoms. The third-order valence-electron chi connectivity index (χ3n) is 5.46. The van der Waals surface area contributed by atoms with Gasteiger partial charge in [-0.2, -0.15) is 0 Å². The van der Waals surface area contributed by atoms with Crippen molar-refractivity contribution >= 4 is 24.1 Å². The van der Waals surface area contributed by atoms with Crippen LogP contribution in [0.2, 0.25) is 0 Å². The quantitative estimate of drug-likeness (QED) is 0.622. The Hall–Kier alpha value is -2.64. The van der Waals surface area contributed by atoms with Crippen LogP contribution in [0.5, 0.6) is 11.5 Å². The topological polar surface area (TPSA) is 67.9 Å². The van der Waals surface area contributed by atoms with Gasteiger partial charge in [-0.1, -0.05) is 6.07 Å². The SMILES string of the molecule is COc1cccc(OC)c1C(=O)NCCN1CCC(C(=O)c2ccc(F)cc2)CC1.Cl. The molecule has 2 aromatic rings. The number of nitrogens with zero attached hydrogens (tertiary/aromatic N) is 1. The van der Waals surface area contributed by atoms with Crippen molar-refractivity contribution in [1.82, 2.24) is 10.2 Å². The maximum absolute atomic E-state index is 13.1. The smallest absolute Gasteiger partial charge is 0.258 e. The van der Waals surface area contributed by atoms with Crippen molar-refractivity contribution in [3.05, 3.63) is 59.4 Å². The average Bonchev–Trinajstić information content (AvgIpc) is 2.78. The second-order valence-corrected chi connectivity index (χ2v) is 7.28. The van der Waals surface area contributed by atoms with Gasteiger partial charge in [-0.05, 0) is 62.3 Å². The molecule has 0 unspecified atom stereocenters. The molecule has 1 fully saturated rings. The Bertz CT molecular complexity index is 861. The number of hydrogen-bond acceptors (Lipinski definition) is 5. The van der Waals surface area contributed by atoms with E-state index in [2.05, 4.69) is 10.2 Å². The Kier molecular flexibility index (Phi) is 9.27. The second kappa shape index (κ2) is 11.7. The number of carbonyl (C=O) groups excluding carboxylic acids is 2. The molecule has 0 spiro atoms. The molecule has 2 aromatic carbocycles. The lowest BCUT2D eigenvalue weighted by molar-refractivity contribution is 0.0838. The van der Waals surface area contributed by atoms with Crippen LogP contribution in [0.15, 0.2) is 42.5 Å². The van der Waals surface area contributed by atoms with Crippen molar-refractivity contribution in [3.8, 4) is 11.5 Å². The summed E-state index contributed by atoms with van der Waals surface area (Å²) in [5, 5.41) is 2.92. The Morgan fingerprint density at radius 3 is 2.16 bits per heavy atom. The van der Waals surface area contributed by atoms with Gasteiger partial charge in [-0.25, -0.2) is 4.39 Å². The molecule has 1 N–H and O–H groups in total. The van der Waals surface area contributed by atoms with Crippen LogP contribution in [0.1, 0.15) is 33.6 Å². The zero-order valence-electron chi connectivity index (χ0n) is 17.7. The van der Waals surface area contributed by atoms with Gasteiger partial charge in [0.2, 0.25) is 0 Å². The minimum atomic E-state index is -0.339. The molecule has 1 aliphatic heterocycles. The van der Waals surface area contributed by atoms with Gasteiger partial charge in [0, 0.05) is 24.6 Å². The molecule has 0 radical (unpaired) electrons. The van der Waals surface area contributed by atoms with E-state index in [1.54, 1.807) is 30.3 Å². The van der Waals surface area contributed by atoms with Gasteiger partial charge >= 0.3 is 0 Å². The van der Waals surface area contributed by atoms with E-state index in [1.807, 2.05) is 0 Å². The third-order valence-corrected chi connectivity index (χ3v) is 5.46. The summed E-state index contributed by atoms with van der Waals surface area (Å²) in [5.41, 5.74) is 0.943. The second-order valence-electron chi connectivity index (χ2n) is 7.28. The molecule has 1 heterocycles. The monoisotopic (exact) mass is 450 g/mol. The van der Waals surface area contributed by atoms with E-state index in [0.717, 1.165) is 25.9 Å². The van der Waals surface area contributed by atoms with Crippen LogP contribution < -0.4 is 14.8 Å². The van der Waals surface area contributed by atoms with Gasteiger partial charge in [-0.3, -0.25) is 9.59 Å². The molecular weight excluding hydrogens is 423 g/mol. The number of rotatable bonds is 8. The lowest BCUT2D eigenvalue weighted by Crippen LogP contribution is -2.41. The number of piperidine rings is 1. The summed E-state index contributed by atoms with van der Waals surface area (Å²) in [6.07, 6.45) is 1.51. The highest BCUT2D eigenvalue weighted by molar-refractivity contribution is 5.99. The molecule has 8 heteroatoms. The van der Waals surface area contributed by atoms with Crippen LogP contribution in [-0.2, 0) is 0 Å². The number of nitrogens with one attached hydrogen (secondary N) is 1. The highest BCUT2D eigenvalue weighted by Crippen LogP contribution is 2.28. The molecule has 0 bridgehead atoms. The fourth-order valence-electron chi connectivity index (χ4n) is 3.76. The number of Topliss-reactive ketones (excluding diaryl/α,β-unsaturated/α-hetero) is 1. The van der Waals surface area contributed by atoms with Gasteiger partial charge < -0.3 is 19.7 Å². The predicted octanol–water partition coefficient (Wildman–Crippen LogP) is 3.59. The Labute approximate surface area is 188 Å². The minimum Gasteiger partial charge on any atom is -0.496 e. The van der Waals surface area contributed by atoms with Crippen molar-refractivity contribution in [2.24, 2.45) is 5.92 Å². The predicted molar refractivity (Wildman–Crippen MR) is 119 cm³/mol. The first-order valence-electron chi connectivity index (χ1n) is 10.0. The first kappa shape index (κ1) is 24.6. The van der Waals surface area contributed by atoms with Crippen LogP contribution in [0, 0.1) is 11.7 Å². The van der Waals surface area contributed by atoms with E-state index >= 15 is 0 Å². The first-order valence-corrected chi connectivity index (χ1v) is 10.0. The van der Waals surface area contributed by atoms with Gasteiger partial charge in [0.1, 0.15) is 22.9 Å². The number of likely N-dealkylation sites (tertiary alicyclic amines) is 1. The Morgan fingerprint density at radius 2 is 1.61 bits per heavy atom. The Morgan fingerprint density at radius 1 is 1.03 bits per heavy atom.